The Morgan fingerprint density at radius 3 is 2.15 bits per heavy atom. The lowest BCUT2D eigenvalue weighted by molar-refractivity contribution is 0.554. The van der Waals surface area contributed by atoms with E-state index in [1.165, 1.54) is 0 Å². The van der Waals surface area contributed by atoms with Gasteiger partial charge in [-0.1, -0.05) is 20.3 Å². The molecule has 0 aromatic heterocycles. The molecule has 3 nitrogen and oxygen atoms in total. The zero-order chi connectivity index (χ0) is 10.5. The second-order valence-corrected chi connectivity index (χ2v) is 6.49. The Morgan fingerprint density at radius 1 is 1.23 bits per heavy atom. The maximum absolute atomic E-state index is 11.5. The zero-order valence-corrected chi connectivity index (χ0v) is 9.60. The van der Waals surface area contributed by atoms with Crippen LogP contribution < -0.4 is 5.73 Å². The van der Waals surface area contributed by atoms with E-state index in [0.717, 1.165) is 12.8 Å². The van der Waals surface area contributed by atoms with E-state index >= 15 is 0 Å². The standard InChI is InChI=1S/C9H21NO2S/c1-8(2)5-4-6-13(11,12)9(3)7-10/h8-9H,4-7,10H2,1-3H3. The Bertz CT molecular complexity index is 222. The molecule has 0 aromatic carbocycles. The van der Waals surface area contributed by atoms with Gasteiger partial charge in [-0.15, -0.1) is 0 Å². The van der Waals surface area contributed by atoms with E-state index in [0.29, 0.717) is 5.92 Å². The van der Waals surface area contributed by atoms with Gasteiger partial charge in [-0.25, -0.2) is 8.42 Å². The fourth-order valence-electron chi connectivity index (χ4n) is 1.04. The monoisotopic (exact) mass is 207 g/mol. The van der Waals surface area contributed by atoms with Crippen LogP contribution in [0.5, 0.6) is 0 Å². The van der Waals surface area contributed by atoms with Crippen LogP contribution >= 0.6 is 0 Å². The van der Waals surface area contributed by atoms with Gasteiger partial charge in [-0.3, -0.25) is 0 Å². The quantitative estimate of drug-likeness (QED) is 0.711. The molecule has 0 aliphatic carbocycles. The van der Waals surface area contributed by atoms with Gasteiger partial charge >= 0.3 is 0 Å². The SMILES string of the molecule is CC(C)CCCS(=O)(=O)C(C)CN. The van der Waals surface area contributed by atoms with Crippen LogP contribution in [0.2, 0.25) is 0 Å². The maximum atomic E-state index is 11.5. The predicted octanol–water partition coefficient (Wildman–Crippen LogP) is 1.18. The van der Waals surface area contributed by atoms with E-state index in [4.69, 9.17) is 5.73 Å². The molecule has 1 atom stereocenters. The average Bonchev–Trinajstić information content (AvgIpc) is 2.01. The molecule has 0 heterocycles. The van der Waals surface area contributed by atoms with E-state index in [9.17, 15) is 8.42 Å². The lowest BCUT2D eigenvalue weighted by atomic mass is 10.1. The van der Waals surface area contributed by atoms with Crippen LogP contribution in [0.3, 0.4) is 0 Å². The van der Waals surface area contributed by atoms with E-state index in [2.05, 4.69) is 13.8 Å². The highest BCUT2D eigenvalue weighted by molar-refractivity contribution is 7.92. The normalized spacial score (nSPS) is 14.8. The van der Waals surface area contributed by atoms with Crippen LogP contribution in [0.15, 0.2) is 0 Å². The summed E-state index contributed by atoms with van der Waals surface area (Å²) >= 11 is 0. The van der Waals surface area contributed by atoms with Crippen molar-refractivity contribution >= 4 is 9.84 Å². The van der Waals surface area contributed by atoms with Crippen molar-refractivity contribution in [2.24, 2.45) is 11.7 Å². The molecule has 0 saturated heterocycles. The van der Waals surface area contributed by atoms with Gasteiger partial charge in [-0.05, 0) is 19.3 Å². The molecule has 1 unspecified atom stereocenters. The summed E-state index contributed by atoms with van der Waals surface area (Å²) in [7, 11) is -2.93. The van der Waals surface area contributed by atoms with Crippen LogP contribution in [-0.2, 0) is 9.84 Å². The van der Waals surface area contributed by atoms with E-state index < -0.39 is 9.84 Å². The van der Waals surface area contributed by atoms with Gasteiger partial charge in [0, 0.05) is 6.54 Å². The van der Waals surface area contributed by atoms with Crippen molar-refractivity contribution in [3.8, 4) is 0 Å². The third-order valence-electron chi connectivity index (χ3n) is 2.16. The topological polar surface area (TPSA) is 60.2 Å². The van der Waals surface area contributed by atoms with E-state index in [1.54, 1.807) is 6.92 Å². The molecule has 0 rings (SSSR count). The largest absolute Gasteiger partial charge is 0.329 e. The Kier molecular flexibility index (Phi) is 5.56. The first-order valence-electron chi connectivity index (χ1n) is 4.81. The summed E-state index contributed by atoms with van der Waals surface area (Å²) in [6.45, 7) is 6.09. The summed E-state index contributed by atoms with van der Waals surface area (Å²) in [6, 6.07) is 0. The molecule has 0 bridgehead atoms. The Balaban J connectivity index is 3.91. The van der Waals surface area contributed by atoms with Crippen LogP contribution in [0.25, 0.3) is 0 Å². The number of hydrogen-bond donors (Lipinski definition) is 1. The molecule has 0 saturated carbocycles. The van der Waals surface area contributed by atoms with Crippen LogP contribution in [0.1, 0.15) is 33.6 Å². The second-order valence-electron chi connectivity index (χ2n) is 3.95. The molecule has 4 heteroatoms. The summed E-state index contributed by atoms with van der Waals surface area (Å²) < 4.78 is 22.9. The predicted molar refractivity (Wildman–Crippen MR) is 56.4 cm³/mol. The summed E-state index contributed by atoms with van der Waals surface area (Å²) in [5, 5.41) is -0.389. The number of nitrogens with two attached hydrogens (primary N) is 1. The molecule has 2 N–H and O–H groups in total. The van der Waals surface area contributed by atoms with Gasteiger partial charge < -0.3 is 5.73 Å². The molecule has 0 fully saturated rings. The van der Waals surface area contributed by atoms with E-state index in [1.807, 2.05) is 0 Å². The first-order chi connectivity index (χ1) is 5.90. The van der Waals surface area contributed by atoms with Gasteiger partial charge in [0.05, 0.1) is 11.0 Å². The van der Waals surface area contributed by atoms with Gasteiger partial charge in [0.25, 0.3) is 0 Å². The van der Waals surface area contributed by atoms with Gasteiger partial charge in [0.2, 0.25) is 0 Å². The number of hydrogen-bond acceptors (Lipinski definition) is 3. The average molecular weight is 207 g/mol. The molecule has 0 aromatic rings. The molecule has 0 aliphatic rings. The van der Waals surface area contributed by atoms with Crippen molar-refractivity contribution in [1.29, 1.82) is 0 Å². The smallest absolute Gasteiger partial charge is 0.154 e. The minimum atomic E-state index is -2.93. The van der Waals surface area contributed by atoms with Crippen molar-refractivity contribution in [2.75, 3.05) is 12.3 Å². The number of rotatable bonds is 6. The maximum Gasteiger partial charge on any atom is 0.154 e. The van der Waals surface area contributed by atoms with Crippen molar-refractivity contribution in [3.63, 3.8) is 0 Å². The highest BCUT2D eigenvalue weighted by Gasteiger charge is 2.18. The van der Waals surface area contributed by atoms with Crippen LogP contribution in [0.4, 0.5) is 0 Å². The molecule has 0 radical (unpaired) electrons. The highest BCUT2D eigenvalue weighted by atomic mass is 32.2. The third-order valence-corrected chi connectivity index (χ3v) is 4.43. The minimum absolute atomic E-state index is 0.226. The molecule has 0 amide bonds. The summed E-state index contributed by atoms with van der Waals surface area (Å²) in [4.78, 5) is 0. The van der Waals surface area contributed by atoms with Gasteiger partial charge in [0.1, 0.15) is 0 Å². The van der Waals surface area contributed by atoms with Crippen molar-refractivity contribution in [2.45, 2.75) is 38.9 Å². The Labute approximate surface area is 81.6 Å². The first-order valence-corrected chi connectivity index (χ1v) is 6.53. The molecule has 80 valence electrons. The van der Waals surface area contributed by atoms with Crippen molar-refractivity contribution in [1.82, 2.24) is 0 Å². The fourth-order valence-corrected chi connectivity index (χ4v) is 2.31. The zero-order valence-electron chi connectivity index (χ0n) is 8.79. The summed E-state index contributed by atoms with van der Waals surface area (Å²) in [5.41, 5.74) is 5.31. The van der Waals surface area contributed by atoms with Crippen molar-refractivity contribution in [3.05, 3.63) is 0 Å². The summed E-state index contributed by atoms with van der Waals surface area (Å²) in [6.07, 6.45) is 1.72. The molecule has 0 aliphatic heterocycles. The van der Waals surface area contributed by atoms with Gasteiger partial charge in [0.15, 0.2) is 9.84 Å². The Morgan fingerprint density at radius 2 is 1.77 bits per heavy atom. The third kappa shape index (κ3) is 5.26. The molecular formula is C9H21NO2S. The summed E-state index contributed by atoms with van der Waals surface area (Å²) in [5.74, 6) is 0.854. The lowest BCUT2D eigenvalue weighted by Gasteiger charge is -2.10. The fraction of sp³-hybridized carbons (Fsp3) is 1.00. The highest BCUT2D eigenvalue weighted by Crippen LogP contribution is 2.08. The molecule has 13 heavy (non-hydrogen) atoms. The Hall–Kier alpha value is -0.0900. The molecular weight excluding hydrogens is 186 g/mol. The first kappa shape index (κ1) is 12.9. The number of sulfone groups is 1. The van der Waals surface area contributed by atoms with Crippen molar-refractivity contribution < 1.29 is 8.42 Å². The molecule has 0 spiro atoms. The van der Waals surface area contributed by atoms with Gasteiger partial charge in [-0.2, -0.15) is 0 Å². The van der Waals surface area contributed by atoms with E-state index in [-0.39, 0.29) is 17.5 Å². The second kappa shape index (κ2) is 5.60. The lowest BCUT2D eigenvalue weighted by Crippen LogP contribution is -2.28. The van der Waals surface area contributed by atoms with Crippen LogP contribution in [0, 0.1) is 5.92 Å². The van der Waals surface area contributed by atoms with Crippen LogP contribution in [-0.4, -0.2) is 26.0 Å². The minimum Gasteiger partial charge on any atom is -0.329 e.